The number of hydrogen-bond donors (Lipinski definition) is 3. The number of sulfonamides is 1. The summed E-state index contributed by atoms with van der Waals surface area (Å²) in [5.41, 5.74) is 0.214. The van der Waals surface area contributed by atoms with E-state index in [1.807, 2.05) is 6.92 Å². The summed E-state index contributed by atoms with van der Waals surface area (Å²) >= 11 is 0. The first-order chi connectivity index (χ1) is 14.0. The van der Waals surface area contributed by atoms with Crippen molar-refractivity contribution in [3.63, 3.8) is 0 Å². The lowest BCUT2D eigenvalue weighted by atomic mass is 9.83. The van der Waals surface area contributed by atoms with Gasteiger partial charge in [0.2, 0.25) is 10.0 Å². The molecule has 3 N–H and O–H groups in total. The molecule has 1 aliphatic heterocycles. The summed E-state index contributed by atoms with van der Waals surface area (Å²) < 4.78 is 38.1. The van der Waals surface area contributed by atoms with Gasteiger partial charge < -0.3 is 20.1 Å². The Hall–Kier alpha value is -0.170. The summed E-state index contributed by atoms with van der Waals surface area (Å²) in [6, 6.07) is 0. The zero-order valence-electron chi connectivity index (χ0n) is 18.6. The highest BCUT2D eigenvalue weighted by Gasteiger charge is 2.33. The van der Waals surface area contributed by atoms with Crippen LogP contribution in [0.4, 0.5) is 0 Å². The summed E-state index contributed by atoms with van der Waals surface area (Å²) in [5, 5.41) is 6.39. The van der Waals surface area contributed by atoms with E-state index in [9.17, 15) is 8.42 Å². The maximum Gasteiger partial charge on any atom is 0.213 e. The quantitative estimate of drug-likeness (QED) is 0.192. The van der Waals surface area contributed by atoms with E-state index in [1.54, 1.807) is 7.11 Å². The van der Waals surface area contributed by atoms with Crippen molar-refractivity contribution >= 4 is 40.0 Å². The molecule has 0 aromatic heterocycles. The summed E-state index contributed by atoms with van der Waals surface area (Å²) in [6.07, 6.45) is 8.96. The molecule has 0 aromatic rings. The van der Waals surface area contributed by atoms with Gasteiger partial charge in [0.1, 0.15) is 0 Å². The molecule has 0 bridgehead atoms. The molecule has 1 atom stereocenters. The third-order valence-corrected chi connectivity index (χ3v) is 7.23. The van der Waals surface area contributed by atoms with Crippen LogP contribution in [0.15, 0.2) is 4.99 Å². The number of aliphatic imine (C=N–C) groups is 1. The van der Waals surface area contributed by atoms with Gasteiger partial charge >= 0.3 is 0 Å². The summed E-state index contributed by atoms with van der Waals surface area (Å²) in [4.78, 5) is 4.76. The standard InChI is InChI=1S/C20H40N4O4S.HI/c1-3-21-19(23-17-20(11-14-27-2)9-5-6-10-20)22-12-15-29(25,26)24-16-18-8-4-7-13-28-18;/h18,24H,3-17H2,1-2H3,(H2,21,22,23);1H. The molecule has 1 aliphatic carbocycles. The Morgan fingerprint density at radius 2 is 1.97 bits per heavy atom. The van der Waals surface area contributed by atoms with E-state index < -0.39 is 10.0 Å². The van der Waals surface area contributed by atoms with E-state index in [1.165, 1.54) is 25.7 Å². The van der Waals surface area contributed by atoms with Gasteiger partial charge in [-0.3, -0.25) is 4.99 Å². The van der Waals surface area contributed by atoms with Crippen LogP contribution >= 0.6 is 24.0 Å². The molecule has 10 heteroatoms. The van der Waals surface area contributed by atoms with Gasteiger partial charge in [-0.15, -0.1) is 24.0 Å². The lowest BCUT2D eigenvalue weighted by molar-refractivity contribution is 0.0200. The largest absolute Gasteiger partial charge is 0.385 e. The first-order valence-electron chi connectivity index (χ1n) is 11.1. The van der Waals surface area contributed by atoms with Gasteiger partial charge in [-0.1, -0.05) is 12.8 Å². The summed E-state index contributed by atoms with van der Waals surface area (Å²) in [7, 11) is -1.60. The van der Waals surface area contributed by atoms with Gasteiger partial charge in [0.05, 0.1) is 11.9 Å². The van der Waals surface area contributed by atoms with Gasteiger partial charge in [-0.2, -0.15) is 0 Å². The van der Waals surface area contributed by atoms with E-state index in [-0.39, 0.29) is 41.2 Å². The van der Waals surface area contributed by atoms with Crippen LogP contribution in [0.3, 0.4) is 0 Å². The predicted molar refractivity (Wildman–Crippen MR) is 132 cm³/mol. The maximum absolute atomic E-state index is 12.3. The average Bonchev–Trinajstić information content (AvgIpc) is 3.19. The zero-order chi connectivity index (χ0) is 21.0. The minimum absolute atomic E-state index is 0. The minimum Gasteiger partial charge on any atom is -0.385 e. The number of hydrogen-bond acceptors (Lipinski definition) is 5. The van der Waals surface area contributed by atoms with Crippen molar-refractivity contribution in [2.45, 2.75) is 64.4 Å². The number of halogens is 1. The lowest BCUT2D eigenvalue weighted by Gasteiger charge is -2.27. The normalized spacial score (nSPS) is 21.8. The first-order valence-corrected chi connectivity index (χ1v) is 12.7. The van der Waals surface area contributed by atoms with Crippen molar-refractivity contribution in [1.29, 1.82) is 0 Å². The lowest BCUT2D eigenvalue weighted by Crippen LogP contribution is -2.43. The molecule has 2 aliphatic rings. The average molecular weight is 561 g/mol. The van der Waals surface area contributed by atoms with Crippen LogP contribution in [0.1, 0.15) is 58.3 Å². The van der Waals surface area contributed by atoms with Crippen LogP contribution in [-0.2, 0) is 19.5 Å². The number of guanidine groups is 1. The van der Waals surface area contributed by atoms with E-state index in [0.717, 1.165) is 52.0 Å². The van der Waals surface area contributed by atoms with Crippen LogP contribution in [0.25, 0.3) is 0 Å². The maximum atomic E-state index is 12.3. The molecule has 8 nitrogen and oxygen atoms in total. The molecule has 178 valence electrons. The Kier molecular flexibility index (Phi) is 13.8. The molecule has 0 spiro atoms. The first kappa shape index (κ1) is 27.9. The summed E-state index contributed by atoms with van der Waals surface area (Å²) in [5.74, 6) is 0.695. The highest BCUT2D eigenvalue weighted by atomic mass is 127. The monoisotopic (exact) mass is 560 g/mol. The molecule has 1 unspecified atom stereocenters. The highest BCUT2D eigenvalue weighted by molar-refractivity contribution is 14.0. The number of nitrogens with one attached hydrogen (secondary N) is 3. The number of methoxy groups -OCH3 is 1. The Morgan fingerprint density at radius 3 is 2.60 bits per heavy atom. The highest BCUT2D eigenvalue weighted by Crippen LogP contribution is 2.41. The van der Waals surface area contributed by atoms with E-state index in [4.69, 9.17) is 14.5 Å². The van der Waals surface area contributed by atoms with Crippen molar-refractivity contribution in [2.75, 3.05) is 52.3 Å². The molecule has 30 heavy (non-hydrogen) atoms. The molecular weight excluding hydrogens is 519 g/mol. The van der Waals surface area contributed by atoms with Crippen molar-refractivity contribution in [1.82, 2.24) is 15.4 Å². The van der Waals surface area contributed by atoms with E-state index in [0.29, 0.717) is 19.0 Å². The van der Waals surface area contributed by atoms with E-state index in [2.05, 4.69) is 15.4 Å². The second-order valence-corrected chi connectivity index (χ2v) is 10.2. The Balaban J connectivity index is 0.00000450. The molecular formula is C20H41IN4O4S. The molecule has 2 rings (SSSR count). The molecule has 2 fully saturated rings. The van der Waals surface area contributed by atoms with Crippen molar-refractivity contribution in [3.05, 3.63) is 0 Å². The topological polar surface area (TPSA) is 101 Å². The molecule has 1 saturated heterocycles. The van der Waals surface area contributed by atoms with Gasteiger partial charge in [-0.25, -0.2) is 13.1 Å². The van der Waals surface area contributed by atoms with Crippen LogP contribution in [-0.4, -0.2) is 72.7 Å². The third-order valence-electron chi connectivity index (χ3n) is 5.89. The van der Waals surface area contributed by atoms with Gasteiger partial charge in [0.15, 0.2) is 5.96 Å². The van der Waals surface area contributed by atoms with Crippen molar-refractivity contribution < 1.29 is 17.9 Å². The fourth-order valence-corrected chi connectivity index (χ4v) is 5.04. The Labute approximate surface area is 199 Å². The van der Waals surface area contributed by atoms with Crippen LogP contribution in [0, 0.1) is 5.41 Å². The smallest absolute Gasteiger partial charge is 0.213 e. The van der Waals surface area contributed by atoms with Crippen LogP contribution < -0.4 is 15.4 Å². The molecule has 0 radical (unpaired) electrons. The van der Waals surface area contributed by atoms with Gasteiger partial charge in [0, 0.05) is 46.5 Å². The SMILES string of the molecule is CCNC(=NCC1(CCOC)CCCC1)NCCS(=O)(=O)NCC1CCCCO1.I. The minimum atomic E-state index is -3.34. The Bertz CT molecular complexity index is 592. The number of nitrogens with zero attached hydrogens (tertiary/aromatic N) is 1. The number of ether oxygens (including phenoxy) is 2. The molecule has 0 aromatic carbocycles. The van der Waals surface area contributed by atoms with Crippen LogP contribution in [0.5, 0.6) is 0 Å². The van der Waals surface area contributed by atoms with E-state index >= 15 is 0 Å². The molecule has 1 heterocycles. The van der Waals surface area contributed by atoms with Gasteiger partial charge in [0.25, 0.3) is 0 Å². The second kappa shape index (κ2) is 14.8. The predicted octanol–water partition coefficient (Wildman–Crippen LogP) is 2.24. The Morgan fingerprint density at radius 1 is 1.20 bits per heavy atom. The van der Waals surface area contributed by atoms with Crippen LogP contribution in [0.2, 0.25) is 0 Å². The fraction of sp³-hybridized carbons (Fsp3) is 0.950. The second-order valence-electron chi connectivity index (χ2n) is 8.23. The van der Waals surface area contributed by atoms with Gasteiger partial charge in [-0.05, 0) is 50.9 Å². The fourth-order valence-electron chi connectivity index (χ4n) is 4.08. The third kappa shape index (κ3) is 10.4. The zero-order valence-corrected chi connectivity index (χ0v) is 21.7. The van der Waals surface area contributed by atoms with Crippen molar-refractivity contribution in [2.24, 2.45) is 10.4 Å². The van der Waals surface area contributed by atoms with Crippen molar-refractivity contribution in [3.8, 4) is 0 Å². The summed E-state index contributed by atoms with van der Waals surface area (Å²) in [6.45, 7) is 5.65. The molecule has 0 amide bonds. The number of rotatable bonds is 12. The molecule has 1 saturated carbocycles.